The third-order valence-corrected chi connectivity index (χ3v) is 6.77. The Morgan fingerprint density at radius 1 is 0.974 bits per heavy atom. The van der Waals surface area contributed by atoms with Crippen LogP contribution in [0.15, 0.2) is 22.6 Å². The lowest BCUT2D eigenvalue weighted by Crippen LogP contribution is -2.48. The molecule has 5 rings (SSSR count). The summed E-state index contributed by atoms with van der Waals surface area (Å²) >= 11 is 0. The highest BCUT2D eigenvalue weighted by atomic mass is 19.4. The van der Waals surface area contributed by atoms with Gasteiger partial charge in [-0.15, -0.1) is 10.2 Å². The molecule has 0 radical (unpaired) electrons. The summed E-state index contributed by atoms with van der Waals surface area (Å²) in [4.78, 5) is 6.33. The van der Waals surface area contributed by atoms with Crippen molar-refractivity contribution in [1.82, 2.24) is 25.0 Å². The van der Waals surface area contributed by atoms with Crippen molar-refractivity contribution in [3.05, 3.63) is 35.2 Å². The summed E-state index contributed by atoms with van der Waals surface area (Å²) in [6, 6.07) is 0.992. The molecule has 1 aliphatic carbocycles. The van der Waals surface area contributed by atoms with Crippen molar-refractivity contribution in [2.75, 3.05) is 23.3 Å². The molecule has 1 unspecified atom stereocenters. The molecule has 1 saturated carbocycles. The van der Waals surface area contributed by atoms with Gasteiger partial charge in [-0.25, -0.2) is 4.68 Å². The monoisotopic (exact) mass is 545 g/mol. The number of nitrogens with one attached hydrogen (secondary N) is 1. The number of benzene rings is 1. The van der Waals surface area contributed by atoms with E-state index in [2.05, 4.69) is 25.6 Å². The van der Waals surface area contributed by atoms with Crippen LogP contribution >= 0.6 is 0 Å². The van der Waals surface area contributed by atoms with Crippen molar-refractivity contribution in [3.8, 4) is 11.8 Å². The molecular weight excluding hydrogens is 520 g/mol. The van der Waals surface area contributed by atoms with Gasteiger partial charge in [0.2, 0.25) is 11.8 Å². The van der Waals surface area contributed by atoms with Gasteiger partial charge in [0.25, 0.3) is 0 Å². The van der Waals surface area contributed by atoms with Crippen LogP contribution in [0.25, 0.3) is 0 Å². The first-order valence-corrected chi connectivity index (χ1v) is 12.0. The van der Waals surface area contributed by atoms with Gasteiger partial charge in [-0.05, 0) is 56.7 Å². The van der Waals surface area contributed by atoms with Crippen molar-refractivity contribution in [3.63, 3.8) is 0 Å². The molecule has 3 atom stereocenters. The van der Waals surface area contributed by atoms with Crippen LogP contribution in [0.5, 0.6) is 11.8 Å². The highest BCUT2D eigenvalue weighted by Gasteiger charge is 2.44. The summed E-state index contributed by atoms with van der Waals surface area (Å²) in [5.74, 6) is 0.451. The van der Waals surface area contributed by atoms with Gasteiger partial charge in [0.05, 0.1) is 17.2 Å². The van der Waals surface area contributed by atoms with E-state index >= 15 is 0 Å². The summed E-state index contributed by atoms with van der Waals surface area (Å²) < 4.78 is 92.0. The van der Waals surface area contributed by atoms with Gasteiger partial charge >= 0.3 is 24.4 Å². The van der Waals surface area contributed by atoms with Crippen LogP contribution in [0.3, 0.4) is 0 Å². The molecule has 0 spiro atoms. The Balaban J connectivity index is 1.38. The van der Waals surface area contributed by atoms with Crippen molar-refractivity contribution >= 4 is 12.0 Å². The lowest BCUT2D eigenvalue weighted by atomic mass is 9.92. The van der Waals surface area contributed by atoms with Crippen LogP contribution in [-0.4, -0.2) is 44.1 Å². The Morgan fingerprint density at radius 2 is 1.58 bits per heavy atom. The van der Waals surface area contributed by atoms with Gasteiger partial charge in [-0.3, -0.25) is 0 Å². The van der Waals surface area contributed by atoms with E-state index < -0.39 is 29.2 Å². The van der Waals surface area contributed by atoms with E-state index in [4.69, 9.17) is 9.15 Å². The van der Waals surface area contributed by atoms with E-state index in [1.54, 1.807) is 20.8 Å². The van der Waals surface area contributed by atoms with Crippen molar-refractivity contribution in [1.29, 1.82) is 0 Å². The molecule has 9 nitrogen and oxygen atoms in total. The van der Waals surface area contributed by atoms with Crippen molar-refractivity contribution < 1.29 is 35.5 Å². The Labute approximate surface area is 213 Å². The average Bonchev–Trinajstić information content (AvgIpc) is 3.48. The van der Waals surface area contributed by atoms with Crippen molar-refractivity contribution in [2.45, 2.75) is 58.0 Å². The zero-order chi connectivity index (χ0) is 27.4. The molecular formula is C23H25F6N7O2. The molecule has 2 aliphatic rings. The Morgan fingerprint density at radius 3 is 2.08 bits per heavy atom. The minimum Gasteiger partial charge on any atom is -0.424 e. The second kappa shape index (κ2) is 9.34. The third kappa shape index (κ3) is 5.23. The molecule has 1 aromatic carbocycles. The second-order valence-corrected chi connectivity index (χ2v) is 9.88. The Bertz CT molecular complexity index is 1260. The van der Waals surface area contributed by atoms with Gasteiger partial charge in [0.1, 0.15) is 5.75 Å². The summed E-state index contributed by atoms with van der Waals surface area (Å²) in [6.07, 6.45) is -8.09. The molecule has 1 saturated heterocycles. The minimum atomic E-state index is -4.99. The SMILES string of the molecule is Cc1nnc(N2C[C@H]3CC[C@@H](C2)C3Nc2nc(Oc3cc(C(F)(F)F)cc(C(F)(F)F)c3)n(C(C)C)n2)o1. The van der Waals surface area contributed by atoms with Crippen LogP contribution < -0.4 is 15.0 Å². The third-order valence-electron chi connectivity index (χ3n) is 6.77. The van der Waals surface area contributed by atoms with E-state index in [-0.39, 0.29) is 41.9 Å². The summed E-state index contributed by atoms with van der Waals surface area (Å²) in [6.45, 7) is 6.56. The number of piperidine rings is 1. The summed E-state index contributed by atoms with van der Waals surface area (Å²) in [5.41, 5.74) is -2.95. The number of ether oxygens (including phenoxy) is 1. The highest BCUT2D eigenvalue weighted by molar-refractivity contribution is 5.40. The van der Waals surface area contributed by atoms with Crippen LogP contribution in [0.4, 0.5) is 38.3 Å². The molecule has 3 aromatic rings. The standard InChI is InChI=1S/C23H25F6N7O2/c1-11(2)36-20(38-17-7-15(22(24,25)26)6-16(8-17)23(27,28)29)31-19(34-36)30-18-13-4-5-14(18)10-35(9-13)21-33-32-12(3)37-21/h6-8,11,13-14,18H,4-5,9-10H2,1-3H3,(H,30,34)/t13-,14+,18?. The number of alkyl halides is 6. The fraction of sp³-hybridized carbons (Fsp3) is 0.565. The molecule has 0 amide bonds. The number of anilines is 2. The lowest BCUT2D eigenvalue weighted by Gasteiger charge is -2.37. The number of hydrogen-bond donors (Lipinski definition) is 1. The predicted octanol–water partition coefficient (Wildman–Crippen LogP) is 5.71. The zero-order valence-electron chi connectivity index (χ0n) is 20.6. The molecule has 2 fully saturated rings. The van der Waals surface area contributed by atoms with E-state index in [9.17, 15) is 26.3 Å². The maximum absolute atomic E-state index is 13.3. The topological polar surface area (TPSA) is 94.1 Å². The first-order chi connectivity index (χ1) is 17.8. The second-order valence-electron chi connectivity index (χ2n) is 9.88. The molecule has 206 valence electrons. The summed E-state index contributed by atoms with van der Waals surface area (Å²) in [7, 11) is 0. The number of fused-ring (bicyclic) bond motifs is 2. The number of aryl methyl sites for hydroxylation is 1. The largest absolute Gasteiger partial charge is 0.424 e. The fourth-order valence-electron chi connectivity index (χ4n) is 5.04. The number of aromatic nitrogens is 5. The predicted molar refractivity (Wildman–Crippen MR) is 122 cm³/mol. The van der Waals surface area contributed by atoms with Crippen LogP contribution in [0, 0.1) is 18.8 Å². The first kappa shape index (κ1) is 26.1. The normalized spacial score (nSPS) is 21.8. The van der Waals surface area contributed by atoms with Gasteiger partial charge < -0.3 is 19.4 Å². The van der Waals surface area contributed by atoms with Gasteiger partial charge in [-0.2, -0.15) is 31.3 Å². The molecule has 38 heavy (non-hydrogen) atoms. The number of nitrogens with zero attached hydrogens (tertiary/aromatic N) is 6. The van der Waals surface area contributed by atoms with Gasteiger partial charge in [0.15, 0.2) is 0 Å². The lowest BCUT2D eigenvalue weighted by molar-refractivity contribution is -0.143. The number of hydrogen-bond acceptors (Lipinski definition) is 8. The van der Waals surface area contributed by atoms with Crippen LogP contribution in [0.1, 0.15) is 49.7 Å². The molecule has 15 heteroatoms. The average molecular weight is 545 g/mol. The molecule has 1 N–H and O–H groups in total. The van der Waals surface area contributed by atoms with E-state index in [0.29, 0.717) is 37.1 Å². The van der Waals surface area contributed by atoms with E-state index in [1.807, 2.05) is 4.90 Å². The summed E-state index contributed by atoms with van der Waals surface area (Å²) in [5, 5.41) is 15.7. The Hall–Kier alpha value is -3.52. The maximum atomic E-state index is 13.3. The number of halogens is 6. The molecule has 1 aliphatic heterocycles. The fourth-order valence-corrected chi connectivity index (χ4v) is 5.04. The smallest absolute Gasteiger partial charge is 0.416 e. The van der Waals surface area contributed by atoms with Gasteiger partial charge in [0, 0.05) is 26.1 Å². The quantitative estimate of drug-likeness (QED) is 0.394. The maximum Gasteiger partial charge on any atom is 0.416 e. The van der Waals surface area contributed by atoms with Crippen LogP contribution in [-0.2, 0) is 12.4 Å². The Kier molecular flexibility index (Phi) is 6.42. The zero-order valence-corrected chi connectivity index (χ0v) is 20.6. The minimum absolute atomic E-state index is 0.0107. The van der Waals surface area contributed by atoms with E-state index in [0.717, 1.165) is 12.8 Å². The molecule has 3 heterocycles. The highest BCUT2D eigenvalue weighted by Crippen LogP contribution is 2.41. The molecule has 2 bridgehead atoms. The van der Waals surface area contributed by atoms with Crippen LogP contribution in [0.2, 0.25) is 0 Å². The molecule has 2 aromatic heterocycles. The van der Waals surface area contributed by atoms with E-state index in [1.165, 1.54) is 4.68 Å². The van der Waals surface area contributed by atoms with Gasteiger partial charge in [-0.1, -0.05) is 5.10 Å². The van der Waals surface area contributed by atoms with Crippen molar-refractivity contribution in [2.24, 2.45) is 11.8 Å². The number of rotatable bonds is 6. The first-order valence-electron chi connectivity index (χ1n) is 12.0.